The third-order valence-corrected chi connectivity index (χ3v) is 7.34. The van der Waals surface area contributed by atoms with Gasteiger partial charge in [-0.2, -0.15) is 0 Å². The smallest absolute Gasteiger partial charge is 0.408 e. The van der Waals surface area contributed by atoms with Gasteiger partial charge >= 0.3 is 18.2 Å². The van der Waals surface area contributed by atoms with Crippen LogP contribution in [0.2, 0.25) is 5.02 Å². The number of ether oxygens (including phenoxy) is 2. The second-order valence-electron chi connectivity index (χ2n) is 12.2. The minimum Gasteiger partial charge on any atom is -0.480 e. The molecule has 0 aliphatic carbocycles. The molecule has 1 aromatic rings. The fourth-order valence-corrected chi connectivity index (χ4v) is 4.75. The largest absolute Gasteiger partial charge is 0.480 e. The molecule has 44 heavy (non-hydrogen) atoms. The highest BCUT2D eigenvalue weighted by Crippen LogP contribution is 2.16. The van der Waals surface area contributed by atoms with Crippen molar-refractivity contribution in [1.82, 2.24) is 16.0 Å². The van der Waals surface area contributed by atoms with Crippen LogP contribution in [-0.2, 0) is 25.7 Å². The molecule has 0 aliphatic heterocycles. The van der Waals surface area contributed by atoms with Crippen molar-refractivity contribution in [3.63, 3.8) is 0 Å². The molecule has 0 fully saturated rings. The number of carbonyl (C=O) groups excluding carboxylic acids is 3. The second kappa shape index (κ2) is 22.5. The monoisotopic (exact) mass is 639 g/mol. The molecular weight excluding hydrogens is 586 g/mol. The number of benzene rings is 1. The Kier molecular flexibility index (Phi) is 19.9. The Hall–Kier alpha value is -3.01. The van der Waals surface area contributed by atoms with Gasteiger partial charge in [-0.05, 0) is 52.5 Å². The van der Waals surface area contributed by atoms with Crippen molar-refractivity contribution in [3.8, 4) is 0 Å². The first kappa shape index (κ1) is 39.0. The van der Waals surface area contributed by atoms with Crippen LogP contribution in [0.25, 0.3) is 0 Å². The van der Waals surface area contributed by atoms with Gasteiger partial charge in [-0.25, -0.2) is 14.4 Å². The van der Waals surface area contributed by atoms with E-state index in [2.05, 4.69) is 22.9 Å². The summed E-state index contributed by atoms with van der Waals surface area (Å²) in [5.41, 5.74) is -0.0717. The fraction of sp³-hybridized carbons (Fsp3) is 0.697. The van der Waals surface area contributed by atoms with Crippen LogP contribution in [-0.4, -0.2) is 53.4 Å². The standard InChI is InChI=1S/C33H54ClN3O7/c1-5-6-7-8-9-10-11-12-13-14-22-28(30(39)40)36-29(38)27(37-32(42)44-33(2,3)4)21-17-18-23-35-31(41)43-24-25-19-15-16-20-26(25)34/h15-16,19-20,27-28H,5-14,17-18,21-24H2,1-4H3,(H,35,41)(H,36,38)(H,37,42)(H,39,40)/t27-,28-/m0/s1. The van der Waals surface area contributed by atoms with E-state index in [9.17, 15) is 24.3 Å². The lowest BCUT2D eigenvalue weighted by atomic mass is 10.0. The van der Waals surface area contributed by atoms with E-state index in [-0.39, 0.29) is 13.0 Å². The molecule has 0 heterocycles. The summed E-state index contributed by atoms with van der Waals surface area (Å²) in [4.78, 5) is 49.5. The molecule has 1 rings (SSSR count). The second-order valence-corrected chi connectivity index (χ2v) is 12.6. The van der Waals surface area contributed by atoms with Gasteiger partial charge in [0.05, 0.1) is 0 Å². The van der Waals surface area contributed by atoms with Crippen LogP contribution in [0.5, 0.6) is 0 Å². The van der Waals surface area contributed by atoms with Crippen molar-refractivity contribution in [1.29, 1.82) is 0 Å². The van der Waals surface area contributed by atoms with Crippen LogP contribution in [0, 0.1) is 0 Å². The molecular formula is C33H54ClN3O7. The molecule has 2 atom stereocenters. The predicted molar refractivity (Wildman–Crippen MR) is 173 cm³/mol. The molecule has 0 saturated heterocycles. The summed E-state index contributed by atoms with van der Waals surface area (Å²) in [5.74, 6) is -1.69. The molecule has 10 nitrogen and oxygen atoms in total. The zero-order valence-electron chi connectivity index (χ0n) is 27.1. The maximum Gasteiger partial charge on any atom is 0.408 e. The van der Waals surface area contributed by atoms with Crippen LogP contribution in [0.15, 0.2) is 24.3 Å². The van der Waals surface area contributed by atoms with Crippen molar-refractivity contribution in [3.05, 3.63) is 34.9 Å². The first-order valence-electron chi connectivity index (χ1n) is 16.1. The quantitative estimate of drug-likeness (QED) is 0.0961. The highest BCUT2D eigenvalue weighted by molar-refractivity contribution is 6.31. The summed E-state index contributed by atoms with van der Waals surface area (Å²) in [6.45, 7) is 7.68. The summed E-state index contributed by atoms with van der Waals surface area (Å²) in [6.07, 6.45) is 11.4. The molecule has 0 aliphatic rings. The molecule has 0 saturated carbocycles. The summed E-state index contributed by atoms with van der Waals surface area (Å²) in [5, 5.41) is 18.1. The minimum absolute atomic E-state index is 0.0391. The molecule has 250 valence electrons. The van der Waals surface area contributed by atoms with Crippen LogP contribution in [0.1, 0.15) is 123 Å². The molecule has 0 unspecified atom stereocenters. The lowest BCUT2D eigenvalue weighted by molar-refractivity contribution is -0.142. The molecule has 0 spiro atoms. The van der Waals surface area contributed by atoms with E-state index in [1.165, 1.54) is 38.5 Å². The van der Waals surface area contributed by atoms with Crippen molar-refractivity contribution < 1.29 is 33.8 Å². The molecule has 4 N–H and O–H groups in total. The maximum absolute atomic E-state index is 13.1. The Morgan fingerprint density at radius 2 is 1.36 bits per heavy atom. The van der Waals surface area contributed by atoms with E-state index < -0.39 is 41.7 Å². The summed E-state index contributed by atoms with van der Waals surface area (Å²) in [7, 11) is 0. The van der Waals surface area contributed by atoms with Crippen LogP contribution < -0.4 is 16.0 Å². The molecule has 0 aromatic heterocycles. The molecule has 0 radical (unpaired) electrons. The Morgan fingerprint density at radius 1 is 0.795 bits per heavy atom. The van der Waals surface area contributed by atoms with Crippen LogP contribution in [0.3, 0.4) is 0 Å². The first-order chi connectivity index (χ1) is 20.9. The van der Waals surface area contributed by atoms with Gasteiger partial charge in [0.25, 0.3) is 0 Å². The summed E-state index contributed by atoms with van der Waals surface area (Å²) in [6, 6.07) is 5.03. The van der Waals surface area contributed by atoms with Crippen LogP contribution in [0.4, 0.5) is 9.59 Å². The molecule has 0 bridgehead atoms. The van der Waals surface area contributed by atoms with Gasteiger partial charge in [0, 0.05) is 17.1 Å². The van der Waals surface area contributed by atoms with Gasteiger partial charge in [0.15, 0.2) is 0 Å². The lowest BCUT2D eigenvalue weighted by Gasteiger charge is -2.24. The van der Waals surface area contributed by atoms with E-state index >= 15 is 0 Å². The number of nitrogens with one attached hydrogen (secondary N) is 3. The topological polar surface area (TPSA) is 143 Å². The Bertz CT molecular complexity index is 1000. The molecule has 3 amide bonds. The molecule has 11 heteroatoms. The number of carboxylic acids is 1. The van der Waals surface area contributed by atoms with E-state index in [0.29, 0.717) is 42.8 Å². The number of amides is 3. The highest BCUT2D eigenvalue weighted by atomic mass is 35.5. The van der Waals surface area contributed by atoms with Crippen LogP contribution >= 0.6 is 11.6 Å². The van der Waals surface area contributed by atoms with E-state index in [4.69, 9.17) is 21.1 Å². The number of hydrogen-bond donors (Lipinski definition) is 4. The maximum atomic E-state index is 13.1. The SMILES string of the molecule is CCCCCCCCCCCC[C@H](NC(=O)[C@H](CCCCNC(=O)OCc1ccccc1Cl)NC(=O)OC(C)(C)C)C(=O)O. The average molecular weight is 640 g/mol. The number of aliphatic carboxylic acids is 1. The van der Waals surface area contributed by atoms with Crippen molar-refractivity contribution in [2.24, 2.45) is 0 Å². The number of hydrogen-bond acceptors (Lipinski definition) is 6. The summed E-state index contributed by atoms with van der Waals surface area (Å²) >= 11 is 6.08. The third kappa shape index (κ3) is 19.3. The number of alkyl carbamates (subject to hydrolysis) is 2. The predicted octanol–water partition coefficient (Wildman–Crippen LogP) is 7.51. The zero-order valence-corrected chi connectivity index (χ0v) is 27.8. The number of halogens is 1. The Balaban J connectivity index is 2.52. The number of unbranched alkanes of at least 4 members (excludes halogenated alkanes) is 10. The van der Waals surface area contributed by atoms with Gasteiger partial charge < -0.3 is 30.5 Å². The fourth-order valence-electron chi connectivity index (χ4n) is 4.56. The molecule has 1 aromatic carbocycles. The Morgan fingerprint density at radius 3 is 1.95 bits per heavy atom. The van der Waals surface area contributed by atoms with E-state index in [0.717, 1.165) is 19.3 Å². The van der Waals surface area contributed by atoms with Gasteiger partial charge in [-0.15, -0.1) is 0 Å². The average Bonchev–Trinajstić information content (AvgIpc) is 2.95. The van der Waals surface area contributed by atoms with E-state index in [1.807, 2.05) is 0 Å². The van der Waals surface area contributed by atoms with Gasteiger partial charge in [-0.1, -0.05) is 101 Å². The number of carbonyl (C=O) groups is 4. The van der Waals surface area contributed by atoms with E-state index in [1.54, 1.807) is 45.0 Å². The highest BCUT2D eigenvalue weighted by Gasteiger charge is 2.28. The Labute approximate surface area is 268 Å². The van der Waals surface area contributed by atoms with Gasteiger partial charge in [0.2, 0.25) is 5.91 Å². The minimum atomic E-state index is -1.11. The van der Waals surface area contributed by atoms with Gasteiger partial charge in [0.1, 0.15) is 24.3 Å². The van der Waals surface area contributed by atoms with Crippen molar-refractivity contribution in [2.75, 3.05) is 6.54 Å². The number of carboxylic acid groups (broad SMARTS) is 1. The lowest BCUT2D eigenvalue weighted by Crippen LogP contribution is -2.52. The van der Waals surface area contributed by atoms with Crippen molar-refractivity contribution >= 4 is 35.7 Å². The normalized spacial score (nSPS) is 12.6. The first-order valence-corrected chi connectivity index (χ1v) is 16.5. The third-order valence-electron chi connectivity index (χ3n) is 6.97. The van der Waals surface area contributed by atoms with Gasteiger partial charge in [-0.3, -0.25) is 4.79 Å². The van der Waals surface area contributed by atoms with Crippen molar-refractivity contribution in [2.45, 2.75) is 142 Å². The summed E-state index contributed by atoms with van der Waals surface area (Å²) < 4.78 is 10.5. The number of rotatable bonds is 22. The zero-order chi connectivity index (χ0) is 32.8.